The van der Waals surface area contributed by atoms with Crippen LogP contribution in [0, 0.1) is 22.7 Å². The van der Waals surface area contributed by atoms with Gasteiger partial charge < -0.3 is 0 Å². The first-order chi connectivity index (χ1) is 9.33. The van der Waals surface area contributed by atoms with Crippen molar-refractivity contribution in [2.45, 2.75) is 79.6 Å². The van der Waals surface area contributed by atoms with Gasteiger partial charge in [0, 0.05) is 0 Å². The average molecular weight is 272 g/mol. The maximum atomic E-state index is 2.59. The summed E-state index contributed by atoms with van der Waals surface area (Å²) in [6.07, 6.45) is 12.1. The molecule has 0 aliphatic heterocycles. The molecule has 0 bridgehead atoms. The van der Waals surface area contributed by atoms with Crippen LogP contribution in [0.5, 0.6) is 0 Å². The van der Waals surface area contributed by atoms with Gasteiger partial charge in [0.05, 0.1) is 0 Å². The molecular weight excluding hydrogens is 240 g/mol. The van der Waals surface area contributed by atoms with Crippen molar-refractivity contribution in [1.82, 2.24) is 0 Å². The van der Waals surface area contributed by atoms with Gasteiger partial charge in [-0.25, -0.2) is 0 Å². The highest BCUT2D eigenvalue weighted by Gasteiger charge is 2.57. The Morgan fingerprint density at radius 2 is 1.80 bits per heavy atom. The number of hydrogen-bond acceptors (Lipinski definition) is 0. The van der Waals surface area contributed by atoms with Crippen molar-refractivity contribution in [2.75, 3.05) is 0 Å². The summed E-state index contributed by atoms with van der Waals surface area (Å²) in [5.74, 6) is 1.80. The Morgan fingerprint density at radius 1 is 1.05 bits per heavy atom. The van der Waals surface area contributed by atoms with E-state index in [-0.39, 0.29) is 0 Å². The highest BCUT2D eigenvalue weighted by molar-refractivity contribution is 5.29. The lowest BCUT2D eigenvalue weighted by Gasteiger charge is -2.36. The molecule has 2 saturated carbocycles. The summed E-state index contributed by atoms with van der Waals surface area (Å²) in [6, 6.07) is 0. The Hall–Kier alpha value is -0.520. The molecule has 3 aliphatic rings. The minimum atomic E-state index is 0.549. The molecule has 0 saturated heterocycles. The van der Waals surface area contributed by atoms with Crippen molar-refractivity contribution in [3.63, 3.8) is 0 Å². The minimum Gasteiger partial charge on any atom is -0.0853 e. The number of rotatable bonds is 0. The van der Waals surface area contributed by atoms with E-state index >= 15 is 0 Å². The third-order valence-corrected chi connectivity index (χ3v) is 6.79. The summed E-state index contributed by atoms with van der Waals surface area (Å²) in [6.45, 7) is 12.4. The summed E-state index contributed by atoms with van der Waals surface area (Å²) in [7, 11) is 0. The highest BCUT2D eigenvalue weighted by atomic mass is 14.6. The number of fused-ring (bicyclic) bond motifs is 3. The van der Waals surface area contributed by atoms with Crippen LogP contribution < -0.4 is 0 Å². The molecule has 112 valence electrons. The van der Waals surface area contributed by atoms with Gasteiger partial charge in [0.25, 0.3) is 0 Å². The van der Waals surface area contributed by atoms with Crippen LogP contribution in [0.4, 0.5) is 0 Å². The lowest BCUT2D eigenvalue weighted by atomic mass is 9.68. The van der Waals surface area contributed by atoms with E-state index in [4.69, 9.17) is 0 Å². The standard InChI is InChI=1S/C20H32/c1-14-7-6-8-15(2)17-13-20(5)12-11-19(3,4)18(20)16(17)10-9-14/h7,16,18H,6,8-13H2,1-5H3/t16-,18-,20-/m1/s1. The Morgan fingerprint density at radius 3 is 2.55 bits per heavy atom. The van der Waals surface area contributed by atoms with Crippen LogP contribution in [0.3, 0.4) is 0 Å². The van der Waals surface area contributed by atoms with Crippen LogP contribution in [0.2, 0.25) is 0 Å². The zero-order valence-electron chi connectivity index (χ0n) is 14.2. The first-order valence-corrected chi connectivity index (χ1v) is 8.68. The molecule has 0 nitrogen and oxygen atoms in total. The number of allylic oxidation sites excluding steroid dienone is 4. The second-order valence-corrected chi connectivity index (χ2v) is 8.84. The van der Waals surface area contributed by atoms with Crippen LogP contribution in [-0.4, -0.2) is 0 Å². The normalized spacial score (nSPS) is 40.5. The van der Waals surface area contributed by atoms with Crippen LogP contribution in [0.15, 0.2) is 22.8 Å². The highest BCUT2D eigenvalue weighted by Crippen LogP contribution is 2.67. The first kappa shape index (κ1) is 14.4. The first-order valence-electron chi connectivity index (χ1n) is 8.68. The molecule has 2 fully saturated rings. The van der Waals surface area contributed by atoms with Crippen molar-refractivity contribution in [2.24, 2.45) is 22.7 Å². The summed E-state index contributed by atoms with van der Waals surface area (Å²) in [4.78, 5) is 0. The Labute approximate surface area is 125 Å². The zero-order valence-corrected chi connectivity index (χ0v) is 14.2. The smallest absolute Gasteiger partial charge is 0.0159 e. The lowest BCUT2D eigenvalue weighted by molar-refractivity contribution is 0.131. The molecule has 0 amide bonds. The van der Waals surface area contributed by atoms with Crippen molar-refractivity contribution in [1.29, 1.82) is 0 Å². The van der Waals surface area contributed by atoms with E-state index in [1.54, 1.807) is 11.1 Å². The predicted molar refractivity (Wildman–Crippen MR) is 87.6 cm³/mol. The quantitative estimate of drug-likeness (QED) is 0.455. The molecule has 0 unspecified atom stereocenters. The van der Waals surface area contributed by atoms with E-state index in [1.807, 2.05) is 5.57 Å². The van der Waals surface area contributed by atoms with Crippen molar-refractivity contribution >= 4 is 0 Å². The van der Waals surface area contributed by atoms with Crippen LogP contribution in [0.25, 0.3) is 0 Å². The Bertz CT molecular complexity index is 462. The predicted octanol–water partition coefficient (Wildman–Crippen LogP) is 6.29. The maximum Gasteiger partial charge on any atom is -0.0159 e. The fourth-order valence-corrected chi connectivity index (χ4v) is 5.85. The molecular formula is C20H32. The van der Waals surface area contributed by atoms with Crippen molar-refractivity contribution in [3.8, 4) is 0 Å². The summed E-state index contributed by atoms with van der Waals surface area (Å²) in [5, 5.41) is 0. The van der Waals surface area contributed by atoms with Crippen LogP contribution in [-0.2, 0) is 0 Å². The van der Waals surface area contributed by atoms with Gasteiger partial charge in [-0.2, -0.15) is 0 Å². The van der Waals surface area contributed by atoms with Gasteiger partial charge in [0.15, 0.2) is 0 Å². The summed E-state index contributed by atoms with van der Waals surface area (Å²) >= 11 is 0. The van der Waals surface area contributed by atoms with E-state index in [0.717, 1.165) is 11.8 Å². The van der Waals surface area contributed by atoms with Crippen LogP contribution >= 0.6 is 0 Å². The van der Waals surface area contributed by atoms with E-state index in [0.29, 0.717) is 10.8 Å². The van der Waals surface area contributed by atoms with E-state index < -0.39 is 0 Å². The van der Waals surface area contributed by atoms with Gasteiger partial charge in [-0.3, -0.25) is 0 Å². The molecule has 3 rings (SSSR count). The van der Waals surface area contributed by atoms with E-state index in [2.05, 4.69) is 40.7 Å². The second-order valence-electron chi connectivity index (χ2n) is 8.84. The molecule has 0 N–H and O–H groups in total. The summed E-state index contributed by atoms with van der Waals surface area (Å²) in [5.41, 5.74) is 6.37. The van der Waals surface area contributed by atoms with Crippen LogP contribution in [0.1, 0.15) is 79.6 Å². The minimum absolute atomic E-state index is 0.549. The third kappa shape index (κ3) is 2.20. The monoisotopic (exact) mass is 272 g/mol. The van der Waals surface area contributed by atoms with Gasteiger partial charge in [-0.1, -0.05) is 43.6 Å². The van der Waals surface area contributed by atoms with Gasteiger partial charge >= 0.3 is 0 Å². The molecule has 3 atom stereocenters. The molecule has 0 aromatic heterocycles. The SMILES string of the molecule is CC1=CCCC(C)=C2C[C@@]3(C)CCC(C)(C)[C@H]3[C@@H]2CC1. The zero-order chi connectivity index (χ0) is 14.5. The maximum absolute atomic E-state index is 2.59. The molecule has 0 aromatic rings. The van der Waals surface area contributed by atoms with Gasteiger partial charge in [0.2, 0.25) is 0 Å². The Balaban J connectivity index is 2.00. The lowest BCUT2D eigenvalue weighted by Crippen LogP contribution is -2.30. The van der Waals surface area contributed by atoms with Crippen molar-refractivity contribution < 1.29 is 0 Å². The van der Waals surface area contributed by atoms with Gasteiger partial charge in [-0.15, -0.1) is 0 Å². The van der Waals surface area contributed by atoms with E-state index in [9.17, 15) is 0 Å². The average Bonchev–Trinajstić information content (AvgIpc) is 2.80. The van der Waals surface area contributed by atoms with Crippen molar-refractivity contribution in [3.05, 3.63) is 22.8 Å². The topological polar surface area (TPSA) is 0 Å². The fraction of sp³-hybridized carbons (Fsp3) is 0.800. The molecule has 0 heterocycles. The molecule has 3 aliphatic carbocycles. The Kier molecular flexibility index (Phi) is 3.42. The molecule has 0 heteroatoms. The van der Waals surface area contributed by atoms with E-state index in [1.165, 1.54) is 44.9 Å². The van der Waals surface area contributed by atoms with Gasteiger partial charge in [0.1, 0.15) is 0 Å². The van der Waals surface area contributed by atoms with Gasteiger partial charge in [-0.05, 0) is 81.5 Å². The molecule has 20 heavy (non-hydrogen) atoms. The number of hydrogen-bond donors (Lipinski definition) is 0. The third-order valence-electron chi connectivity index (χ3n) is 6.79. The summed E-state index contributed by atoms with van der Waals surface area (Å²) < 4.78 is 0. The molecule has 0 radical (unpaired) electrons. The molecule has 0 spiro atoms. The fourth-order valence-electron chi connectivity index (χ4n) is 5.85. The molecule has 0 aromatic carbocycles. The largest absolute Gasteiger partial charge is 0.0853 e. The second kappa shape index (κ2) is 4.75.